The number of imidazole rings is 1. The van der Waals surface area contributed by atoms with Crippen LogP contribution in [0.15, 0.2) is 40.2 Å². The monoisotopic (exact) mass is 357 g/mol. The molecule has 0 bridgehead atoms. The fraction of sp³-hybridized carbons (Fsp3) is 0.294. The molecule has 0 aliphatic carbocycles. The second-order valence-corrected chi connectivity index (χ2v) is 5.90. The minimum Gasteiger partial charge on any atom is -0.495 e. The highest BCUT2D eigenvalue weighted by Gasteiger charge is 2.22. The molecule has 0 radical (unpaired) electrons. The zero-order chi connectivity index (χ0) is 19.0. The van der Waals surface area contributed by atoms with E-state index in [0.717, 1.165) is 4.57 Å². The molecule has 1 N–H and O–H groups in total. The van der Waals surface area contributed by atoms with Crippen molar-refractivity contribution in [3.63, 3.8) is 0 Å². The van der Waals surface area contributed by atoms with E-state index in [1.165, 1.54) is 36.7 Å². The van der Waals surface area contributed by atoms with Gasteiger partial charge in [-0.3, -0.25) is 18.7 Å². The molecule has 0 aliphatic heterocycles. The highest BCUT2D eigenvalue weighted by molar-refractivity contribution is 5.95. The van der Waals surface area contributed by atoms with Crippen molar-refractivity contribution in [2.45, 2.75) is 13.0 Å². The number of anilines is 1. The molecule has 3 aromatic rings. The summed E-state index contributed by atoms with van der Waals surface area (Å²) in [6.07, 6.45) is 1.39. The Bertz CT molecular complexity index is 1110. The zero-order valence-electron chi connectivity index (χ0n) is 14.9. The Kier molecular flexibility index (Phi) is 4.37. The summed E-state index contributed by atoms with van der Waals surface area (Å²) in [5, 5.41) is 2.78. The number of aryl methyl sites for hydroxylation is 1. The van der Waals surface area contributed by atoms with Crippen molar-refractivity contribution in [3.05, 3.63) is 51.4 Å². The molecule has 136 valence electrons. The molecular formula is C17H19N5O4. The Morgan fingerprint density at radius 2 is 1.88 bits per heavy atom. The van der Waals surface area contributed by atoms with E-state index in [4.69, 9.17) is 4.74 Å². The van der Waals surface area contributed by atoms with Crippen molar-refractivity contribution >= 4 is 22.8 Å². The number of fused-ring (bicyclic) bond motifs is 1. The molecule has 9 nitrogen and oxygen atoms in total. The van der Waals surface area contributed by atoms with Crippen LogP contribution in [-0.2, 0) is 18.9 Å². The van der Waals surface area contributed by atoms with Crippen LogP contribution >= 0.6 is 0 Å². The topological polar surface area (TPSA) is 100 Å². The summed E-state index contributed by atoms with van der Waals surface area (Å²) >= 11 is 0. The fourth-order valence-corrected chi connectivity index (χ4v) is 2.77. The van der Waals surface area contributed by atoms with Crippen molar-refractivity contribution in [1.82, 2.24) is 18.7 Å². The SMILES string of the molecule is COc1ccccc1NC(=O)[C@H](C)n1cnc2c1c(=O)n(C)c(=O)n2C. The van der Waals surface area contributed by atoms with Crippen LogP contribution in [0.25, 0.3) is 11.2 Å². The third-order valence-corrected chi connectivity index (χ3v) is 4.33. The van der Waals surface area contributed by atoms with Gasteiger partial charge in [-0.25, -0.2) is 9.78 Å². The van der Waals surface area contributed by atoms with Gasteiger partial charge in [0.05, 0.1) is 19.1 Å². The number of nitrogens with zero attached hydrogens (tertiary/aromatic N) is 4. The predicted octanol–water partition coefficient (Wildman–Crippen LogP) is 0.642. The Morgan fingerprint density at radius 1 is 1.19 bits per heavy atom. The fourth-order valence-electron chi connectivity index (χ4n) is 2.77. The average Bonchev–Trinajstić information content (AvgIpc) is 3.09. The van der Waals surface area contributed by atoms with Crippen molar-refractivity contribution in [2.24, 2.45) is 14.1 Å². The highest BCUT2D eigenvalue weighted by atomic mass is 16.5. The van der Waals surface area contributed by atoms with Crippen LogP contribution in [0.1, 0.15) is 13.0 Å². The number of benzene rings is 1. The molecule has 1 aromatic carbocycles. The van der Waals surface area contributed by atoms with E-state index in [9.17, 15) is 14.4 Å². The molecule has 9 heteroatoms. The average molecular weight is 357 g/mol. The lowest BCUT2D eigenvalue weighted by Gasteiger charge is -2.16. The van der Waals surface area contributed by atoms with Gasteiger partial charge in [0.25, 0.3) is 5.56 Å². The molecule has 2 aromatic heterocycles. The van der Waals surface area contributed by atoms with E-state index in [1.54, 1.807) is 31.2 Å². The number of methoxy groups -OCH3 is 1. The molecule has 2 heterocycles. The van der Waals surface area contributed by atoms with E-state index in [2.05, 4.69) is 10.3 Å². The van der Waals surface area contributed by atoms with Gasteiger partial charge in [0, 0.05) is 14.1 Å². The molecule has 26 heavy (non-hydrogen) atoms. The number of hydrogen-bond acceptors (Lipinski definition) is 5. The van der Waals surface area contributed by atoms with E-state index in [1.807, 2.05) is 0 Å². The lowest BCUT2D eigenvalue weighted by atomic mass is 10.2. The first-order valence-corrected chi connectivity index (χ1v) is 7.93. The number of ether oxygens (including phenoxy) is 1. The van der Waals surface area contributed by atoms with E-state index in [-0.39, 0.29) is 17.1 Å². The molecule has 1 amide bonds. The number of amides is 1. The number of hydrogen-bond donors (Lipinski definition) is 1. The van der Waals surface area contributed by atoms with Crippen molar-refractivity contribution in [1.29, 1.82) is 0 Å². The molecule has 0 saturated carbocycles. The molecule has 3 rings (SSSR count). The summed E-state index contributed by atoms with van der Waals surface area (Å²) in [4.78, 5) is 41.3. The molecule has 0 unspecified atom stereocenters. The number of aromatic nitrogens is 4. The summed E-state index contributed by atoms with van der Waals surface area (Å²) in [5.74, 6) is 0.187. The number of carbonyl (C=O) groups is 1. The third kappa shape index (κ3) is 2.67. The maximum Gasteiger partial charge on any atom is 0.332 e. The third-order valence-electron chi connectivity index (χ3n) is 4.33. The van der Waals surface area contributed by atoms with Crippen molar-refractivity contribution < 1.29 is 9.53 Å². The number of nitrogens with one attached hydrogen (secondary N) is 1. The van der Waals surface area contributed by atoms with Crippen LogP contribution in [0.4, 0.5) is 5.69 Å². The number of para-hydroxylation sites is 2. The van der Waals surface area contributed by atoms with Gasteiger partial charge in [-0.2, -0.15) is 0 Å². The van der Waals surface area contributed by atoms with Gasteiger partial charge in [-0.15, -0.1) is 0 Å². The van der Waals surface area contributed by atoms with Crippen molar-refractivity contribution in [2.75, 3.05) is 12.4 Å². The highest BCUT2D eigenvalue weighted by Crippen LogP contribution is 2.24. The second kappa shape index (κ2) is 6.51. The van der Waals surface area contributed by atoms with Crippen LogP contribution in [0.3, 0.4) is 0 Å². The first kappa shape index (κ1) is 17.5. The van der Waals surface area contributed by atoms with E-state index < -0.39 is 17.3 Å². The largest absolute Gasteiger partial charge is 0.495 e. The Labute approximate surface area is 148 Å². The van der Waals surface area contributed by atoms with Gasteiger partial charge in [0.2, 0.25) is 5.91 Å². The van der Waals surface area contributed by atoms with Gasteiger partial charge >= 0.3 is 5.69 Å². The smallest absolute Gasteiger partial charge is 0.332 e. The second-order valence-electron chi connectivity index (χ2n) is 5.90. The molecule has 0 aliphatic rings. The maximum absolute atomic E-state index is 12.7. The standard InChI is InChI=1S/C17H19N5O4/c1-10(15(23)19-11-7-5-6-8-12(11)26-4)22-9-18-14-13(22)16(24)21(3)17(25)20(14)2/h5-10H,1-4H3,(H,19,23)/t10-/m0/s1. The minimum atomic E-state index is -0.727. The molecule has 0 fully saturated rings. The minimum absolute atomic E-state index is 0.192. The summed E-state index contributed by atoms with van der Waals surface area (Å²) in [6, 6.07) is 6.30. The summed E-state index contributed by atoms with van der Waals surface area (Å²) in [7, 11) is 4.43. The normalized spacial score (nSPS) is 12.2. The van der Waals surface area contributed by atoms with Gasteiger partial charge in [0.15, 0.2) is 11.2 Å². The lowest BCUT2D eigenvalue weighted by Crippen LogP contribution is -2.38. The summed E-state index contributed by atoms with van der Waals surface area (Å²) < 4.78 is 8.95. The van der Waals surface area contributed by atoms with Crippen molar-refractivity contribution in [3.8, 4) is 5.75 Å². The zero-order valence-corrected chi connectivity index (χ0v) is 14.9. The number of carbonyl (C=O) groups excluding carboxylic acids is 1. The number of rotatable bonds is 4. The Balaban J connectivity index is 2.03. The van der Waals surface area contributed by atoms with Gasteiger partial charge < -0.3 is 14.6 Å². The van der Waals surface area contributed by atoms with Gasteiger partial charge in [-0.05, 0) is 19.1 Å². The Morgan fingerprint density at radius 3 is 2.58 bits per heavy atom. The van der Waals surface area contributed by atoms with Crippen LogP contribution in [0.2, 0.25) is 0 Å². The quantitative estimate of drug-likeness (QED) is 0.739. The van der Waals surface area contributed by atoms with E-state index >= 15 is 0 Å². The molecular weight excluding hydrogens is 338 g/mol. The Hall–Kier alpha value is -3.36. The first-order chi connectivity index (χ1) is 12.4. The van der Waals surface area contributed by atoms with Crippen LogP contribution < -0.4 is 21.3 Å². The van der Waals surface area contributed by atoms with Gasteiger partial charge in [0.1, 0.15) is 11.8 Å². The summed E-state index contributed by atoms with van der Waals surface area (Å²) in [6.45, 7) is 1.65. The molecule has 0 saturated heterocycles. The lowest BCUT2D eigenvalue weighted by molar-refractivity contribution is -0.118. The molecule has 1 atom stereocenters. The first-order valence-electron chi connectivity index (χ1n) is 7.93. The summed E-state index contributed by atoms with van der Waals surface area (Å²) in [5.41, 5.74) is -0.0275. The van der Waals surface area contributed by atoms with Crippen LogP contribution in [-0.4, -0.2) is 31.7 Å². The van der Waals surface area contributed by atoms with Crippen LogP contribution in [0.5, 0.6) is 5.75 Å². The molecule has 0 spiro atoms. The van der Waals surface area contributed by atoms with Crippen LogP contribution in [0, 0.1) is 0 Å². The maximum atomic E-state index is 12.7. The predicted molar refractivity (Wildman–Crippen MR) is 96.5 cm³/mol. The van der Waals surface area contributed by atoms with E-state index in [0.29, 0.717) is 11.4 Å². The van der Waals surface area contributed by atoms with Gasteiger partial charge in [-0.1, -0.05) is 12.1 Å².